The van der Waals surface area contributed by atoms with E-state index in [2.05, 4.69) is 0 Å². The molecule has 1 saturated carbocycles. The zero-order chi connectivity index (χ0) is 19.4. The molecule has 5 rings (SSSR count). The summed E-state index contributed by atoms with van der Waals surface area (Å²) in [5.74, 6) is -0.776. The van der Waals surface area contributed by atoms with Crippen LogP contribution in [0, 0.1) is 5.82 Å². The molecule has 2 aromatic rings. The lowest BCUT2D eigenvalue weighted by atomic mass is 9.81. The van der Waals surface area contributed by atoms with E-state index in [0.717, 1.165) is 31.2 Å². The van der Waals surface area contributed by atoms with Crippen LogP contribution in [0.3, 0.4) is 0 Å². The van der Waals surface area contributed by atoms with E-state index < -0.39 is 22.1 Å². The van der Waals surface area contributed by atoms with E-state index in [0.29, 0.717) is 31.0 Å². The second kappa shape index (κ2) is 6.54. The van der Waals surface area contributed by atoms with E-state index in [-0.39, 0.29) is 10.3 Å². The van der Waals surface area contributed by atoms with Crippen molar-refractivity contribution in [3.8, 4) is 0 Å². The number of hydrogen-bond donors (Lipinski definition) is 0. The Hall–Kier alpha value is -1.96. The summed E-state index contributed by atoms with van der Waals surface area (Å²) in [6, 6.07) is 11.7. The molecule has 1 aliphatic carbocycles. The van der Waals surface area contributed by atoms with Crippen LogP contribution in [0.1, 0.15) is 43.1 Å². The lowest BCUT2D eigenvalue weighted by Crippen LogP contribution is -2.36. The van der Waals surface area contributed by atoms with E-state index >= 15 is 0 Å². The zero-order valence-electron chi connectivity index (χ0n) is 15.4. The lowest BCUT2D eigenvalue weighted by Gasteiger charge is -2.25. The van der Waals surface area contributed by atoms with E-state index in [1.165, 1.54) is 16.4 Å². The number of benzene rings is 2. The van der Waals surface area contributed by atoms with Crippen LogP contribution in [-0.4, -0.2) is 28.2 Å². The van der Waals surface area contributed by atoms with Crippen LogP contribution in [0.4, 0.5) is 10.1 Å². The SMILES string of the molecule is O=S(=O)(c1ccc(C2OCCO2)cc1F)N1CC2(CCCC2)c2ccccc21. The molecule has 0 amide bonds. The maximum atomic E-state index is 14.9. The first-order valence-corrected chi connectivity index (χ1v) is 11.1. The Morgan fingerprint density at radius 3 is 2.46 bits per heavy atom. The Morgan fingerprint density at radius 1 is 1.04 bits per heavy atom. The number of sulfonamides is 1. The second-order valence-corrected chi connectivity index (χ2v) is 9.61. The highest BCUT2D eigenvalue weighted by molar-refractivity contribution is 7.92. The summed E-state index contributed by atoms with van der Waals surface area (Å²) in [6.07, 6.45) is 3.47. The lowest BCUT2D eigenvalue weighted by molar-refractivity contribution is -0.0443. The van der Waals surface area contributed by atoms with Crippen molar-refractivity contribution in [1.29, 1.82) is 0 Å². The third-order valence-electron chi connectivity index (χ3n) is 6.17. The summed E-state index contributed by atoms with van der Waals surface area (Å²) in [5.41, 5.74) is 2.09. The van der Waals surface area contributed by atoms with Gasteiger partial charge in [0.25, 0.3) is 10.0 Å². The largest absolute Gasteiger partial charge is 0.346 e. The van der Waals surface area contributed by atoms with E-state index in [1.54, 1.807) is 6.07 Å². The molecule has 0 N–H and O–H groups in total. The van der Waals surface area contributed by atoms with Crippen LogP contribution in [0.5, 0.6) is 0 Å². The van der Waals surface area contributed by atoms with Crippen molar-refractivity contribution in [1.82, 2.24) is 0 Å². The van der Waals surface area contributed by atoms with E-state index in [1.807, 2.05) is 24.3 Å². The highest BCUT2D eigenvalue weighted by atomic mass is 32.2. The normalized spacial score (nSPS) is 21.5. The number of nitrogens with zero attached hydrogens (tertiary/aromatic N) is 1. The standard InChI is InChI=1S/C21H22FNO4S/c22-17-13-15(20-26-11-12-27-20)7-8-19(17)28(24,25)23-14-21(9-3-4-10-21)16-5-1-2-6-18(16)23/h1-2,5-8,13,20H,3-4,9-12,14H2. The van der Waals surface area contributed by atoms with Crippen LogP contribution >= 0.6 is 0 Å². The Kier molecular flexibility index (Phi) is 4.23. The number of fused-ring (bicyclic) bond motifs is 2. The molecule has 0 unspecified atom stereocenters. The number of anilines is 1. The van der Waals surface area contributed by atoms with Crippen LogP contribution in [0.15, 0.2) is 47.4 Å². The van der Waals surface area contributed by atoms with Gasteiger partial charge in [-0.1, -0.05) is 37.1 Å². The number of rotatable bonds is 3. The van der Waals surface area contributed by atoms with Gasteiger partial charge in [0.1, 0.15) is 10.7 Å². The van der Waals surface area contributed by atoms with Crippen molar-refractivity contribution in [3.05, 3.63) is 59.4 Å². The van der Waals surface area contributed by atoms with Crippen molar-refractivity contribution < 1.29 is 22.3 Å². The van der Waals surface area contributed by atoms with Crippen LogP contribution in [0.25, 0.3) is 0 Å². The predicted molar refractivity (Wildman–Crippen MR) is 102 cm³/mol. The molecule has 1 saturated heterocycles. The maximum Gasteiger partial charge on any atom is 0.267 e. The first kappa shape index (κ1) is 18.1. The highest BCUT2D eigenvalue weighted by Gasteiger charge is 2.48. The molecule has 5 nitrogen and oxygen atoms in total. The molecule has 0 radical (unpaired) electrons. The second-order valence-electron chi connectivity index (χ2n) is 7.78. The number of hydrogen-bond acceptors (Lipinski definition) is 4. The monoisotopic (exact) mass is 403 g/mol. The molecule has 0 atom stereocenters. The van der Waals surface area contributed by atoms with Crippen molar-refractivity contribution >= 4 is 15.7 Å². The van der Waals surface area contributed by atoms with Gasteiger partial charge in [-0.3, -0.25) is 4.31 Å². The van der Waals surface area contributed by atoms with Crippen LogP contribution < -0.4 is 4.31 Å². The molecule has 2 aromatic carbocycles. The highest BCUT2D eigenvalue weighted by Crippen LogP contribution is 2.51. The summed E-state index contributed by atoms with van der Waals surface area (Å²) >= 11 is 0. The van der Waals surface area contributed by atoms with Gasteiger partial charge in [-0.2, -0.15) is 0 Å². The fourth-order valence-corrected chi connectivity index (χ4v) is 6.44. The van der Waals surface area contributed by atoms with Gasteiger partial charge in [-0.15, -0.1) is 0 Å². The van der Waals surface area contributed by atoms with Gasteiger partial charge in [-0.05, 0) is 36.6 Å². The Balaban J connectivity index is 1.54. The smallest absolute Gasteiger partial charge is 0.267 e. The molecule has 2 aliphatic heterocycles. The first-order valence-electron chi connectivity index (χ1n) is 9.66. The summed E-state index contributed by atoms with van der Waals surface area (Å²) in [4.78, 5) is -0.306. The first-order chi connectivity index (χ1) is 13.5. The molecule has 7 heteroatoms. The van der Waals surface area contributed by atoms with Crippen molar-refractivity contribution in [3.63, 3.8) is 0 Å². The summed E-state index contributed by atoms with van der Waals surface area (Å²) < 4.78 is 53.9. The Morgan fingerprint density at radius 2 is 1.75 bits per heavy atom. The molecular weight excluding hydrogens is 381 g/mol. The molecular formula is C21H22FNO4S. The fourth-order valence-electron chi connectivity index (χ4n) is 4.82. The van der Waals surface area contributed by atoms with Crippen molar-refractivity contribution in [2.45, 2.75) is 42.3 Å². The van der Waals surface area contributed by atoms with Gasteiger partial charge in [0, 0.05) is 17.5 Å². The molecule has 3 aliphatic rings. The van der Waals surface area contributed by atoms with Crippen molar-refractivity contribution in [2.75, 3.05) is 24.1 Å². The average molecular weight is 403 g/mol. The zero-order valence-corrected chi connectivity index (χ0v) is 16.3. The van der Waals surface area contributed by atoms with Gasteiger partial charge in [-0.25, -0.2) is 12.8 Å². The minimum atomic E-state index is -4.01. The Bertz CT molecular complexity index is 1010. The quantitative estimate of drug-likeness (QED) is 0.780. The van der Waals surface area contributed by atoms with Crippen LogP contribution in [0.2, 0.25) is 0 Å². The predicted octanol–water partition coefficient (Wildman–Crippen LogP) is 3.89. The molecule has 2 heterocycles. The molecule has 148 valence electrons. The van der Waals surface area contributed by atoms with Gasteiger partial charge in [0.05, 0.1) is 18.9 Å². The van der Waals surface area contributed by atoms with Gasteiger partial charge < -0.3 is 9.47 Å². The average Bonchev–Trinajstić information content (AvgIpc) is 3.44. The van der Waals surface area contributed by atoms with Crippen LogP contribution in [-0.2, 0) is 24.9 Å². The minimum Gasteiger partial charge on any atom is -0.346 e. The summed E-state index contributed by atoms with van der Waals surface area (Å²) in [6.45, 7) is 1.27. The van der Waals surface area contributed by atoms with E-state index in [4.69, 9.17) is 9.47 Å². The summed E-state index contributed by atoms with van der Waals surface area (Å²) in [7, 11) is -4.01. The third kappa shape index (κ3) is 2.68. The van der Waals surface area contributed by atoms with Gasteiger partial charge in [0.15, 0.2) is 6.29 Å². The molecule has 0 bridgehead atoms. The Labute approximate surface area is 164 Å². The number of para-hydroxylation sites is 1. The fraction of sp³-hybridized carbons (Fsp3) is 0.429. The van der Waals surface area contributed by atoms with E-state index in [9.17, 15) is 12.8 Å². The topological polar surface area (TPSA) is 55.8 Å². The molecule has 1 spiro atoms. The third-order valence-corrected chi connectivity index (χ3v) is 7.96. The molecule has 28 heavy (non-hydrogen) atoms. The van der Waals surface area contributed by atoms with Crippen molar-refractivity contribution in [2.24, 2.45) is 0 Å². The molecule has 2 fully saturated rings. The number of ether oxygens (including phenoxy) is 2. The maximum absolute atomic E-state index is 14.9. The van der Waals surface area contributed by atoms with Gasteiger partial charge in [0.2, 0.25) is 0 Å². The van der Waals surface area contributed by atoms with Gasteiger partial charge >= 0.3 is 0 Å². The minimum absolute atomic E-state index is 0.147. The molecule has 0 aromatic heterocycles. The number of halogens is 1. The summed E-state index contributed by atoms with van der Waals surface area (Å²) in [5, 5.41) is 0.